The molecule has 1 unspecified atom stereocenters. The van der Waals surface area contributed by atoms with Crippen molar-refractivity contribution >= 4 is 0 Å². The molecular formula is C17H37NO. The van der Waals surface area contributed by atoms with Gasteiger partial charge in [-0.15, -0.1) is 0 Å². The zero-order chi connectivity index (χ0) is 14.2. The van der Waals surface area contributed by atoms with Gasteiger partial charge in [-0.1, -0.05) is 71.6 Å². The van der Waals surface area contributed by atoms with Gasteiger partial charge < -0.3 is 10.1 Å². The zero-order valence-corrected chi connectivity index (χ0v) is 13.7. The Morgan fingerprint density at radius 3 is 1.89 bits per heavy atom. The summed E-state index contributed by atoms with van der Waals surface area (Å²) in [5, 5.41) is 3.52. The lowest BCUT2D eigenvalue weighted by molar-refractivity contribution is 0.119. The lowest BCUT2D eigenvalue weighted by Gasteiger charge is -2.17. The summed E-state index contributed by atoms with van der Waals surface area (Å²) in [6, 6.07) is 0.564. The predicted octanol–water partition coefficient (Wildman–Crippen LogP) is 4.92. The van der Waals surface area contributed by atoms with Crippen LogP contribution in [0, 0.1) is 0 Å². The van der Waals surface area contributed by atoms with E-state index in [2.05, 4.69) is 26.1 Å². The van der Waals surface area contributed by atoms with Crippen molar-refractivity contribution in [3.63, 3.8) is 0 Å². The molecule has 116 valence electrons. The van der Waals surface area contributed by atoms with Crippen LogP contribution in [0.3, 0.4) is 0 Å². The zero-order valence-electron chi connectivity index (χ0n) is 13.7. The minimum absolute atomic E-state index is 0.564. The fourth-order valence-corrected chi connectivity index (χ4v) is 2.49. The normalized spacial score (nSPS) is 12.8. The third kappa shape index (κ3) is 14.1. The number of hydrogen-bond donors (Lipinski definition) is 1. The summed E-state index contributed by atoms with van der Waals surface area (Å²) in [4.78, 5) is 0. The molecule has 0 aromatic carbocycles. The Morgan fingerprint density at radius 1 is 0.789 bits per heavy atom. The summed E-state index contributed by atoms with van der Waals surface area (Å²) in [5.41, 5.74) is 0. The van der Waals surface area contributed by atoms with Crippen LogP contribution in [0.15, 0.2) is 0 Å². The highest BCUT2D eigenvalue weighted by atomic mass is 16.5. The molecule has 1 atom stereocenters. The summed E-state index contributed by atoms with van der Waals surface area (Å²) in [7, 11) is 0. The van der Waals surface area contributed by atoms with Gasteiger partial charge in [-0.05, 0) is 19.9 Å². The van der Waals surface area contributed by atoms with E-state index in [-0.39, 0.29) is 0 Å². The third-order valence-electron chi connectivity index (χ3n) is 3.67. The van der Waals surface area contributed by atoms with Crippen molar-refractivity contribution in [1.82, 2.24) is 5.32 Å². The first-order chi connectivity index (χ1) is 9.35. The number of rotatable bonds is 15. The summed E-state index contributed by atoms with van der Waals surface area (Å²) in [6.07, 6.45) is 13.9. The average Bonchev–Trinajstić information content (AvgIpc) is 2.42. The van der Waals surface area contributed by atoms with E-state index in [0.29, 0.717) is 6.04 Å². The Hall–Kier alpha value is -0.0800. The Kier molecular flexibility index (Phi) is 15.9. The van der Waals surface area contributed by atoms with Gasteiger partial charge in [-0.25, -0.2) is 0 Å². The summed E-state index contributed by atoms with van der Waals surface area (Å²) < 4.78 is 5.52. The molecular weight excluding hydrogens is 234 g/mol. The third-order valence-corrected chi connectivity index (χ3v) is 3.67. The largest absolute Gasteiger partial charge is 0.380 e. The number of likely N-dealkylation sites (N-methyl/N-ethyl adjacent to an activating group) is 1. The molecule has 0 saturated heterocycles. The van der Waals surface area contributed by atoms with Crippen molar-refractivity contribution < 1.29 is 4.74 Å². The highest BCUT2D eigenvalue weighted by Crippen LogP contribution is 2.11. The first-order valence-corrected chi connectivity index (χ1v) is 8.66. The van der Waals surface area contributed by atoms with Crippen LogP contribution >= 0.6 is 0 Å². The summed E-state index contributed by atoms with van der Waals surface area (Å²) in [5.74, 6) is 0. The van der Waals surface area contributed by atoms with E-state index in [9.17, 15) is 0 Å². The van der Waals surface area contributed by atoms with Crippen LogP contribution in [0.1, 0.15) is 85.0 Å². The van der Waals surface area contributed by atoms with Crippen LogP contribution in [0.4, 0.5) is 0 Å². The molecule has 0 saturated carbocycles. The van der Waals surface area contributed by atoms with Gasteiger partial charge in [-0.2, -0.15) is 0 Å². The fourth-order valence-electron chi connectivity index (χ4n) is 2.49. The molecule has 0 aromatic heterocycles. The van der Waals surface area contributed by atoms with E-state index < -0.39 is 0 Å². The van der Waals surface area contributed by atoms with Gasteiger partial charge in [0, 0.05) is 12.6 Å². The molecule has 0 radical (unpaired) electrons. The van der Waals surface area contributed by atoms with E-state index in [1.807, 2.05) is 0 Å². The van der Waals surface area contributed by atoms with Crippen LogP contribution in [-0.2, 0) is 4.74 Å². The molecule has 0 heterocycles. The first kappa shape index (κ1) is 18.9. The topological polar surface area (TPSA) is 21.3 Å². The number of ether oxygens (including phenoxy) is 1. The molecule has 0 aliphatic rings. The van der Waals surface area contributed by atoms with E-state index in [4.69, 9.17) is 4.74 Å². The SMILES string of the molecule is CCCCCCCCCCCC(COCC)NCC. The minimum atomic E-state index is 0.564. The molecule has 0 aliphatic heterocycles. The molecule has 2 nitrogen and oxygen atoms in total. The monoisotopic (exact) mass is 271 g/mol. The summed E-state index contributed by atoms with van der Waals surface area (Å²) in [6.45, 7) is 9.29. The van der Waals surface area contributed by atoms with Gasteiger partial charge in [0.25, 0.3) is 0 Å². The predicted molar refractivity (Wildman–Crippen MR) is 85.8 cm³/mol. The summed E-state index contributed by atoms with van der Waals surface area (Å²) >= 11 is 0. The van der Waals surface area contributed by atoms with E-state index in [1.165, 1.54) is 64.2 Å². The van der Waals surface area contributed by atoms with E-state index in [0.717, 1.165) is 19.8 Å². The van der Waals surface area contributed by atoms with Gasteiger partial charge in [0.2, 0.25) is 0 Å². The van der Waals surface area contributed by atoms with Crippen LogP contribution in [0.5, 0.6) is 0 Å². The lowest BCUT2D eigenvalue weighted by atomic mass is 10.0. The van der Waals surface area contributed by atoms with Gasteiger partial charge in [0.05, 0.1) is 6.61 Å². The average molecular weight is 271 g/mol. The molecule has 19 heavy (non-hydrogen) atoms. The van der Waals surface area contributed by atoms with Gasteiger partial charge in [0.1, 0.15) is 0 Å². The highest BCUT2D eigenvalue weighted by Gasteiger charge is 2.06. The molecule has 1 N–H and O–H groups in total. The second-order valence-electron chi connectivity index (χ2n) is 5.53. The van der Waals surface area contributed by atoms with E-state index >= 15 is 0 Å². The maximum atomic E-state index is 5.52. The van der Waals surface area contributed by atoms with E-state index in [1.54, 1.807) is 0 Å². The molecule has 0 fully saturated rings. The Balaban J connectivity index is 3.29. The Morgan fingerprint density at radius 2 is 1.37 bits per heavy atom. The first-order valence-electron chi connectivity index (χ1n) is 8.66. The van der Waals surface area contributed by atoms with Gasteiger partial charge >= 0.3 is 0 Å². The van der Waals surface area contributed by atoms with Crippen molar-refractivity contribution in [2.45, 2.75) is 91.0 Å². The van der Waals surface area contributed by atoms with Crippen LogP contribution < -0.4 is 5.32 Å². The Labute approximate surface area is 121 Å². The standard InChI is InChI=1S/C17H37NO/c1-4-7-8-9-10-11-12-13-14-15-17(18-5-2)16-19-6-3/h17-18H,4-16H2,1-3H3. The Bertz CT molecular complexity index is 161. The smallest absolute Gasteiger partial charge is 0.0619 e. The second-order valence-corrected chi connectivity index (χ2v) is 5.53. The highest BCUT2D eigenvalue weighted by molar-refractivity contribution is 4.65. The van der Waals surface area contributed by atoms with Gasteiger partial charge in [0.15, 0.2) is 0 Å². The number of unbranched alkanes of at least 4 members (excludes halogenated alkanes) is 8. The van der Waals surface area contributed by atoms with Crippen LogP contribution in [0.25, 0.3) is 0 Å². The second kappa shape index (κ2) is 16.0. The number of hydrogen-bond acceptors (Lipinski definition) is 2. The maximum absolute atomic E-state index is 5.52. The van der Waals surface area contributed by atoms with Crippen molar-refractivity contribution in [2.75, 3.05) is 19.8 Å². The van der Waals surface area contributed by atoms with Gasteiger partial charge in [-0.3, -0.25) is 0 Å². The van der Waals surface area contributed by atoms with Crippen molar-refractivity contribution in [2.24, 2.45) is 0 Å². The quantitative estimate of drug-likeness (QED) is 0.427. The molecule has 2 heteroatoms. The lowest BCUT2D eigenvalue weighted by Crippen LogP contribution is -2.33. The van der Waals surface area contributed by atoms with Crippen LogP contribution in [0.2, 0.25) is 0 Å². The number of nitrogens with one attached hydrogen (secondary N) is 1. The molecule has 0 spiro atoms. The van der Waals surface area contributed by atoms with Crippen LogP contribution in [-0.4, -0.2) is 25.8 Å². The fraction of sp³-hybridized carbons (Fsp3) is 1.00. The van der Waals surface area contributed by atoms with Crippen molar-refractivity contribution in [3.8, 4) is 0 Å². The molecule has 0 bridgehead atoms. The van der Waals surface area contributed by atoms with Crippen molar-refractivity contribution in [3.05, 3.63) is 0 Å². The van der Waals surface area contributed by atoms with Crippen molar-refractivity contribution in [1.29, 1.82) is 0 Å². The molecule has 0 rings (SSSR count). The maximum Gasteiger partial charge on any atom is 0.0619 e. The molecule has 0 aliphatic carbocycles. The molecule has 0 amide bonds. The molecule has 0 aromatic rings. The minimum Gasteiger partial charge on any atom is -0.380 e.